The number of aryl methyl sites for hydroxylation is 1. The minimum Gasteiger partial charge on any atom is -0.398 e. The predicted octanol–water partition coefficient (Wildman–Crippen LogP) is 0.830. The first-order chi connectivity index (χ1) is 9.11. The van der Waals surface area contributed by atoms with Crippen molar-refractivity contribution in [2.24, 2.45) is 0 Å². The van der Waals surface area contributed by atoms with Crippen molar-refractivity contribution in [3.8, 4) is 11.4 Å². The number of nitrogen functional groups attached to an aromatic ring is 1. The van der Waals surface area contributed by atoms with E-state index in [2.05, 4.69) is 15.5 Å². The van der Waals surface area contributed by atoms with Gasteiger partial charge in [0.15, 0.2) is 5.82 Å². The fourth-order valence-corrected chi connectivity index (χ4v) is 2.28. The first-order valence-corrected chi connectivity index (χ1v) is 7.27. The second-order valence-electron chi connectivity index (χ2n) is 3.89. The summed E-state index contributed by atoms with van der Waals surface area (Å²) in [5.74, 6) is 1.10. The lowest BCUT2D eigenvalue weighted by Gasteiger charge is -2.06. The lowest BCUT2D eigenvalue weighted by atomic mass is 10.1. The van der Waals surface area contributed by atoms with Crippen LogP contribution in [0.3, 0.4) is 0 Å². The Balaban J connectivity index is 2.26. The Morgan fingerprint density at radius 2 is 2.26 bits per heavy atom. The molecule has 0 aliphatic rings. The summed E-state index contributed by atoms with van der Waals surface area (Å²) in [5.41, 5.74) is 6.59. The predicted molar refractivity (Wildman–Crippen MR) is 71.2 cm³/mol. The molecule has 0 spiro atoms. The molecule has 0 saturated heterocycles. The van der Waals surface area contributed by atoms with Gasteiger partial charge in [0.25, 0.3) is 0 Å². The molecule has 6 nitrogen and oxygen atoms in total. The van der Waals surface area contributed by atoms with Gasteiger partial charge in [-0.15, -0.1) is 5.10 Å². The SMILES string of the molecule is CCS(=O)CCn1nnnc1-c1ccc(F)cc1N. The van der Waals surface area contributed by atoms with Gasteiger partial charge in [-0.2, -0.15) is 0 Å². The number of benzene rings is 1. The Hall–Kier alpha value is -1.83. The molecule has 1 aromatic carbocycles. The highest BCUT2D eigenvalue weighted by atomic mass is 32.2. The molecular formula is C11H14FN5OS. The van der Waals surface area contributed by atoms with Crippen LogP contribution in [0.5, 0.6) is 0 Å². The molecule has 1 atom stereocenters. The first kappa shape index (κ1) is 13.6. The van der Waals surface area contributed by atoms with E-state index in [1.54, 1.807) is 0 Å². The van der Waals surface area contributed by atoms with Crippen LogP contribution in [0.4, 0.5) is 10.1 Å². The van der Waals surface area contributed by atoms with Crippen LogP contribution < -0.4 is 5.73 Å². The summed E-state index contributed by atoms with van der Waals surface area (Å²) in [6, 6.07) is 4.05. The van der Waals surface area contributed by atoms with Gasteiger partial charge in [0.2, 0.25) is 0 Å². The topological polar surface area (TPSA) is 86.7 Å². The molecule has 0 amide bonds. The summed E-state index contributed by atoms with van der Waals surface area (Å²) in [6.45, 7) is 2.29. The summed E-state index contributed by atoms with van der Waals surface area (Å²) >= 11 is 0. The van der Waals surface area contributed by atoms with Crippen LogP contribution in [0.2, 0.25) is 0 Å². The van der Waals surface area contributed by atoms with Gasteiger partial charge >= 0.3 is 0 Å². The first-order valence-electron chi connectivity index (χ1n) is 5.78. The van der Waals surface area contributed by atoms with Crippen molar-refractivity contribution in [1.82, 2.24) is 20.2 Å². The third-order valence-corrected chi connectivity index (χ3v) is 3.92. The van der Waals surface area contributed by atoms with E-state index in [4.69, 9.17) is 5.73 Å². The third kappa shape index (κ3) is 3.14. The lowest BCUT2D eigenvalue weighted by molar-refractivity contribution is 0.623. The zero-order chi connectivity index (χ0) is 13.8. The van der Waals surface area contributed by atoms with Crippen LogP contribution in [0.1, 0.15) is 6.92 Å². The monoisotopic (exact) mass is 283 g/mol. The minimum absolute atomic E-state index is 0.271. The summed E-state index contributed by atoms with van der Waals surface area (Å²) in [5, 5.41) is 11.3. The van der Waals surface area contributed by atoms with E-state index in [1.807, 2.05) is 6.92 Å². The molecule has 2 N–H and O–H groups in total. The van der Waals surface area contributed by atoms with Crippen molar-refractivity contribution in [2.45, 2.75) is 13.5 Å². The molecule has 0 saturated carbocycles. The molecule has 1 aromatic heterocycles. The molecule has 8 heteroatoms. The van der Waals surface area contributed by atoms with E-state index in [9.17, 15) is 8.60 Å². The van der Waals surface area contributed by atoms with Gasteiger partial charge < -0.3 is 5.73 Å². The smallest absolute Gasteiger partial charge is 0.184 e. The van der Waals surface area contributed by atoms with Crippen LogP contribution in [-0.2, 0) is 17.3 Å². The molecule has 2 aromatic rings. The number of aromatic nitrogens is 4. The molecule has 0 fully saturated rings. The van der Waals surface area contributed by atoms with Crippen LogP contribution in [-0.4, -0.2) is 35.9 Å². The Kier molecular flexibility index (Phi) is 4.20. The molecule has 1 unspecified atom stereocenters. The van der Waals surface area contributed by atoms with E-state index in [-0.39, 0.29) is 5.69 Å². The van der Waals surface area contributed by atoms with Gasteiger partial charge in [-0.05, 0) is 28.6 Å². The molecule has 0 aliphatic carbocycles. The lowest BCUT2D eigenvalue weighted by Crippen LogP contribution is -2.12. The second kappa shape index (κ2) is 5.87. The second-order valence-corrected chi connectivity index (χ2v) is 5.76. The van der Waals surface area contributed by atoms with Crippen molar-refractivity contribution in [1.29, 1.82) is 0 Å². The standard InChI is InChI=1S/C11H14FN5OS/c1-2-19(18)6-5-17-11(14-15-16-17)9-4-3-8(12)7-10(9)13/h3-4,7H,2,5-6,13H2,1H3. The van der Waals surface area contributed by atoms with Crippen molar-refractivity contribution in [3.63, 3.8) is 0 Å². The van der Waals surface area contributed by atoms with Gasteiger partial charge in [-0.1, -0.05) is 6.92 Å². The fourth-order valence-electron chi connectivity index (χ4n) is 1.62. The van der Waals surface area contributed by atoms with Gasteiger partial charge in [-0.3, -0.25) is 4.21 Å². The zero-order valence-electron chi connectivity index (χ0n) is 10.4. The minimum atomic E-state index is -0.893. The highest BCUT2D eigenvalue weighted by Gasteiger charge is 2.13. The van der Waals surface area contributed by atoms with Crippen molar-refractivity contribution < 1.29 is 8.60 Å². The fraction of sp³-hybridized carbons (Fsp3) is 0.364. The number of rotatable bonds is 5. The Labute approximate surface area is 112 Å². The number of nitrogens with zero attached hydrogens (tertiary/aromatic N) is 4. The van der Waals surface area contributed by atoms with Gasteiger partial charge in [0, 0.05) is 33.6 Å². The van der Waals surface area contributed by atoms with E-state index < -0.39 is 16.6 Å². The summed E-state index contributed by atoms with van der Waals surface area (Å²) < 4.78 is 26.0. The molecule has 0 radical (unpaired) electrons. The molecule has 0 aliphatic heterocycles. The van der Waals surface area contributed by atoms with Crippen molar-refractivity contribution in [2.75, 3.05) is 17.2 Å². The summed E-state index contributed by atoms with van der Waals surface area (Å²) in [6.07, 6.45) is 0. The van der Waals surface area contributed by atoms with Crippen LogP contribution in [0, 0.1) is 5.82 Å². The van der Waals surface area contributed by atoms with Crippen LogP contribution in [0.15, 0.2) is 18.2 Å². The maximum Gasteiger partial charge on any atom is 0.184 e. The quantitative estimate of drug-likeness (QED) is 0.821. The largest absolute Gasteiger partial charge is 0.398 e. The van der Waals surface area contributed by atoms with E-state index in [0.29, 0.717) is 29.4 Å². The number of hydrogen-bond acceptors (Lipinski definition) is 5. The normalized spacial score (nSPS) is 12.5. The molecular weight excluding hydrogens is 269 g/mol. The highest BCUT2D eigenvalue weighted by molar-refractivity contribution is 7.84. The molecule has 1 heterocycles. The number of tetrazole rings is 1. The van der Waals surface area contributed by atoms with Gasteiger partial charge in [-0.25, -0.2) is 9.07 Å². The maximum atomic E-state index is 13.0. The average Bonchev–Trinajstić information content (AvgIpc) is 2.84. The molecule has 2 rings (SSSR count). The number of hydrogen-bond donors (Lipinski definition) is 1. The Bertz CT molecular complexity index is 601. The highest BCUT2D eigenvalue weighted by Crippen LogP contribution is 2.23. The molecule has 102 valence electrons. The van der Waals surface area contributed by atoms with E-state index in [0.717, 1.165) is 0 Å². The number of halogens is 1. The van der Waals surface area contributed by atoms with Crippen molar-refractivity contribution in [3.05, 3.63) is 24.0 Å². The summed E-state index contributed by atoms with van der Waals surface area (Å²) in [7, 11) is -0.893. The zero-order valence-corrected chi connectivity index (χ0v) is 11.2. The van der Waals surface area contributed by atoms with E-state index >= 15 is 0 Å². The van der Waals surface area contributed by atoms with Crippen molar-refractivity contribution >= 4 is 16.5 Å². The number of nitrogens with two attached hydrogens (primary N) is 1. The third-order valence-electron chi connectivity index (χ3n) is 2.64. The van der Waals surface area contributed by atoms with Crippen LogP contribution in [0.25, 0.3) is 11.4 Å². The molecule has 19 heavy (non-hydrogen) atoms. The Morgan fingerprint density at radius 1 is 1.47 bits per heavy atom. The Morgan fingerprint density at radius 3 is 2.95 bits per heavy atom. The van der Waals surface area contributed by atoms with Gasteiger partial charge in [0.05, 0.1) is 6.54 Å². The van der Waals surface area contributed by atoms with Crippen LogP contribution >= 0.6 is 0 Å². The van der Waals surface area contributed by atoms with E-state index in [1.165, 1.54) is 22.9 Å². The number of anilines is 1. The average molecular weight is 283 g/mol. The summed E-state index contributed by atoms with van der Waals surface area (Å²) in [4.78, 5) is 0. The maximum absolute atomic E-state index is 13.0. The van der Waals surface area contributed by atoms with Gasteiger partial charge in [0.1, 0.15) is 5.82 Å². The molecule has 0 bridgehead atoms.